The van der Waals surface area contributed by atoms with Crippen LogP contribution in [0.25, 0.3) is 5.82 Å². The number of hydrogen-bond acceptors (Lipinski definition) is 6. The zero-order chi connectivity index (χ0) is 21.8. The van der Waals surface area contributed by atoms with Crippen LogP contribution >= 0.6 is 0 Å². The Morgan fingerprint density at radius 3 is 3.03 bits per heavy atom. The number of hydrogen-bond donors (Lipinski definition) is 3. The predicted octanol–water partition coefficient (Wildman–Crippen LogP) is 3.00. The van der Waals surface area contributed by atoms with Crippen molar-refractivity contribution in [1.82, 2.24) is 19.9 Å². The standard InChI is InChI=1S/C23H27N5O3/c1-3-23(11-6-4-8-18(23)29)27-21(30)17-10-12-28(15-17)20-16(2)14-24-22(26-20)25-19-9-5-7-13-31-19/h4,6,8-12,14-15,18,29H,3,5,7,13H2,1-2H3,(H,27,30)(H,24,25,26). The molecule has 3 heterocycles. The van der Waals surface area contributed by atoms with Crippen LogP contribution in [0.2, 0.25) is 0 Å². The second kappa shape index (κ2) is 8.77. The smallest absolute Gasteiger partial charge is 0.253 e. The van der Waals surface area contributed by atoms with E-state index >= 15 is 0 Å². The fourth-order valence-corrected chi connectivity index (χ4v) is 3.65. The predicted molar refractivity (Wildman–Crippen MR) is 118 cm³/mol. The van der Waals surface area contributed by atoms with Crippen molar-refractivity contribution >= 4 is 11.9 Å². The van der Waals surface area contributed by atoms with Crippen molar-refractivity contribution < 1.29 is 14.6 Å². The molecule has 8 heteroatoms. The lowest BCUT2D eigenvalue weighted by Crippen LogP contribution is -2.55. The van der Waals surface area contributed by atoms with Crippen LogP contribution in [0.15, 0.2) is 60.9 Å². The molecule has 2 aromatic heterocycles. The van der Waals surface area contributed by atoms with Gasteiger partial charge < -0.3 is 19.7 Å². The summed E-state index contributed by atoms with van der Waals surface area (Å²) in [5, 5.41) is 16.5. The van der Waals surface area contributed by atoms with Gasteiger partial charge in [0.2, 0.25) is 5.95 Å². The SMILES string of the molecule is CCC1(NC(=O)c2ccn(-c3nc(NC4=CCCCO4)ncc3C)c2)C=CC=CC1O. The second-order valence-corrected chi connectivity index (χ2v) is 7.73. The van der Waals surface area contributed by atoms with E-state index < -0.39 is 11.6 Å². The largest absolute Gasteiger partial charge is 0.479 e. The van der Waals surface area contributed by atoms with Gasteiger partial charge in [0.25, 0.3) is 5.91 Å². The molecule has 162 valence electrons. The maximum atomic E-state index is 12.9. The number of allylic oxidation sites excluding steroid dienone is 3. The quantitative estimate of drug-likeness (QED) is 0.663. The van der Waals surface area contributed by atoms with Crippen LogP contribution in [0.3, 0.4) is 0 Å². The fraction of sp³-hybridized carbons (Fsp3) is 0.348. The highest BCUT2D eigenvalue weighted by atomic mass is 16.5. The van der Waals surface area contributed by atoms with Crippen LogP contribution in [0.5, 0.6) is 0 Å². The van der Waals surface area contributed by atoms with Crippen molar-refractivity contribution in [3.05, 3.63) is 72.0 Å². The van der Waals surface area contributed by atoms with Crippen molar-refractivity contribution in [2.24, 2.45) is 0 Å². The molecule has 31 heavy (non-hydrogen) atoms. The lowest BCUT2D eigenvalue weighted by molar-refractivity contribution is 0.0789. The van der Waals surface area contributed by atoms with Crippen LogP contribution in [0.1, 0.15) is 42.1 Å². The maximum absolute atomic E-state index is 12.9. The van der Waals surface area contributed by atoms with Gasteiger partial charge in [0.05, 0.1) is 23.8 Å². The zero-order valence-electron chi connectivity index (χ0n) is 17.7. The van der Waals surface area contributed by atoms with Gasteiger partial charge in [-0.2, -0.15) is 4.98 Å². The number of anilines is 1. The lowest BCUT2D eigenvalue weighted by Gasteiger charge is -2.35. The first-order valence-corrected chi connectivity index (χ1v) is 10.5. The minimum atomic E-state index is -0.816. The Morgan fingerprint density at radius 2 is 2.29 bits per heavy atom. The van der Waals surface area contributed by atoms with E-state index in [2.05, 4.69) is 20.6 Å². The molecule has 1 aliphatic carbocycles. The highest BCUT2D eigenvalue weighted by Crippen LogP contribution is 2.23. The molecule has 0 saturated carbocycles. The zero-order valence-corrected chi connectivity index (χ0v) is 17.7. The summed E-state index contributed by atoms with van der Waals surface area (Å²) in [7, 11) is 0. The normalized spacial score (nSPS) is 22.5. The van der Waals surface area contributed by atoms with E-state index in [9.17, 15) is 9.90 Å². The number of aliphatic hydroxyl groups is 1. The average molecular weight is 422 g/mol. The van der Waals surface area contributed by atoms with E-state index in [1.54, 1.807) is 41.4 Å². The molecule has 0 saturated heterocycles. The molecule has 4 rings (SSSR count). The molecule has 2 aromatic rings. The van der Waals surface area contributed by atoms with E-state index in [-0.39, 0.29) is 5.91 Å². The number of amides is 1. The number of carbonyl (C=O) groups excluding carboxylic acids is 1. The van der Waals surface area contributed by atoms with Crippen molar-refractivity contribution in [1.29, 1.82) is 0 Å². The summed E-state index contributed by atoms with van der Waals surface area (Å²) in [6.07, 6.45) is 16.1. The number of nitrogens with one attached hydrogen (secondary N) is 2. The molecule has 1 aliphatic heterocycles. The molecule has 0 radical (unpaired) electrons. The Kier molecular flexibility index (Phi) is 5.90. The van der Waals surface area contributed by atoms with Gasteiger partial charge in [-0.25, -0.2) is 4.98 Å². The van der Waals surface area contributed by atoms with Gasteiger partial charge in [-0.15, -0.1) is 0 Å². The molecular formula is C23H27N5O3. The Morgan fingerprint density at radius 1 is 1.42 bits per heavy atom. The summed E-state index contributed by atoms with van der Waals surface area (Å²) in [6, 6.07) is 1.73. The first kappa shape index (κ1) is 20.9. The summed E-state index contributed by atoms with van der Waals surface area (Å²) in [5.74, 6) is 1.50. The Hall–Kier alpha value is -3.39. The Bertz CT molecular complexity index is 1060. The molecule has 1 amide bonds. The van der Waals surface area contributed by atoms with E-state index in [0.29, 0.717) is 36.2 Å². The highest BCUT2D eigenvalue weighted by molar-refractivity contribution is 5.95. The monoisotopic (exact) mass is 421 g/mol. The fourth-order valence-electron chi connectivity index (χ4n) is 3.65. The molecule has 0 bridgehead atoms. The average Bonchev–Trinajstić information content (AvgIpc) is 3.28. The summed E-state index contributed by atoms with van der Waals surface area (Å²) < 4.78 is 7.36. The number of aromatic nitrogens is 3. The van der Waals surface area contributed by atoms with Crippen LogP contribution < -0.4 is 10.6 Å². The van der Waals surface area contributed by atoms with E-state index in [4.69, 9.17) is 4.74 Å². The molecule has 2 aliphatic rings. The van der Waals surface area contributed by atoms with Crippen molar-refractivity contribution in [3.8, 4) is 5.82 Å². The summed E-state index contributed by atoms with van der Waals surface area (Å²) in [6.45, 7) is 4.52. The third kappa shape index (κ3) is 4.39. The van der Waals surface area contributed by atoms with Crippen molar-refractivity contribution in [3.63, 3.8) is 0 Å². The van der Waals surface area contributed by atoms with Crippen LogP contribution in [-0.4, -0.2) is 43.8 Å². The third-order valence-corrected chi connectivity index (χ3v) is 5.57. The summed E-state index contributed by atoms with van der Waals surface area (Å²) in [5.41, 5.74) is 0.533. The van der Waals surface area contributed by atoms with Crippen molar-refractivity contribution in [2.45, 2.75) is 44.8 Å². The number of ether oxygens (including phenoxy) is 1. The minimum absolute atomic E-state index is 0.259. The van der Waals surface area contributed by atoms with E-state index in [0.717, 1.165) is 18.4 Å². The molecular weight excluding hydrogens is 394 g/mol. The van der Waals surface area contributed by atoms with E-state index in [1.165, 1.54) is 0 Å². The van der Waals surface area contributed by atoms with Gasteiger partial charge in [-0.3, -0.25) is 10.1 Å². The molecule has 8 nitrogen and oxygen atoms in total. The van der Waals surface area contributed by atoms with Gasteiger partial charge in [-0.1, -0.05) is 31.2 Å². The number of aryl methyl sites for hydroxylation is 1. The van der Waals surface area contributed by atoms with Gasteiger partial charge in [0.15, 0.2) is 5.88 Å². The lowest BCUT2D eigenvalue weighted by atomic mass is 9.85. The van der Waals surface area contributed by atoms with Crippen LogP contribution in [0, 0.1) is 6.92 Å². The summed E-state index contributed by atoms with van der Waals surface area (Å²) in [4.78, 5) is 21.8. The first-order chi connectivity index (χ1) is 15.0. The molecule has 0 aromatic carbocycles. The van der Waals surface area contributed by atoms with Gasteiger partial charge in [0.1, 0.15) is 5.82 Å². The first-order valence-electron chi connectivity index (χ1n) is 10.5. The number of rotatable bonds is 6. The molecule has 0 fully saturated rings. The topological polar surface area (TPSA) is 101 Å². The van der Waals surface area contributed by atoms with Crippen LogP contribution in [0.4, 0.5) is 5.95 Å². The Labute approximate surface area is 181 Å². The number of carbonyl (C=O) groups is 1. The van der Waals surface area contributed by atoms with Gasteiger partial charge >= 0.3 is 0 Å². The molecule has 2 unspecified atom stereocenters. The minimum Gasteiger partial charge on any atom is -0.479 e. The number of nitrogens with zero attached hydrogens (tertiary/aromatic N) is 3. The third-order valence-electron chi connectivity index (χ3n) is 5.57. The van der Waals surface area contributed by atoms with Gasteiger partial charge in [0, 0.05) is 24.2 Å². The molecule has 2 atom stereocenters. The number of aliphatic hydroxyl groups excluding tert-OH is 1. The maximum Gasteiger partial charge on any atom is 0.253 e. The van der Waals surface area contributed by atoms with E-state index in [1.807, 2.05) is 32.1 Å². The Balaban J connectivity index is 1.53. The van der Waals surface area contributed by atoms with Crippen molar-refractivity contribution in [2.75, 3.05) is 11.9 Å². The molecule has 3 N–H and O–H groups in total. The second-order valence-electron chi connectivity index (χ2n) is 7.73. The van der Waals surface area contributed by atoms with Crippen LogP contribution in [-0.2, 0) is 4.74 Å². The van der Waals surface area contributed by atoms with Gasteiger partial charge in [-0.05, 0) is 38.3 Å². The highest BCUT2D eigenvalue weighted by Gasteiger charge is 2.35. The molecule has 0 spiro atoms. The summed E-state index contributed by atoms with van der Waals surface area (Å²) >= 11 is 0.